The molecule has 0 saturated heterocycles. The lowest BCUT2D eigenvalue weighted by Crippen LogP contribution is -2.10. The summed E-state index contributed by atoms with van der Waals surface area (Å²) in [7, 11) is 0. The quantitative estimate of drug-likeness (QED) is 0.407. The molecule has 8 heteroatoms. The molecule has 1 aromatic heterocycles. The number of hydrogen-bond acceptors (Lipinski definition) is 5. The standard InChI is InChI=1S/C12H7Br2NO4S/c13-7-3-8(15(17)18)5-9(4-7)19-6-11(16)12-10(14)1-2-20-12/h1-5H,6H2. The van der Waals surface area contributed by atoms with Crippen LogP contribution < -0.4 is 4.74 Å². The Balaban J connectivity index is 2.10. The topological polar surface area (TPSA) is 69.4 Å². The summed E-state index contributed by atoms with van der Waals surface area (Å²) in [6.45, 7) is -0.174. The van der Waals surface area contributed by atoms with Crippen LogP contribution in [0.5, 0.6) is 5.75 Å². The summed E-state index contributed by atoms with van der Waals surface area (Å²) in [6, 6.07) is 6.00. The highest BCUT2D eigenvalue weighted by Crippen LogP contribution is 2.27. The molecule has 1 heterocycles. The van der Waals surface area contributed by atoms with Gasteiger partial charge in [-0.05, 0) is 33.4 Å². The lowest BCUT2D eigenvalue weighted by atomic mass is 10.3. The maximum Gasteiger partial charge on any atom is 0.274 e. The maximum atomic E-state index is 11.9. The Bertz CT molecular complexity index is 671. The zero-order chi connectivity index (χ0) is 14.7. The third kappa shape index (κ3) is 3.65. The average molecular weight is 421 g/mol. The minimum Gasteiger partial charge on any atom is -0.485 e. The van der Waals surface area contributed by atoms with Crippen LogP contribution in [0.25, 0.3) is 0 Å². The fraction of sp³-hybridized carbons (Fsp3) is 0.0833. The smallest absolute Gasteiger partial charge is 0.274 e. The minimum absolute atomic E-state index is 0.0980. The second-order valence-electron chi connectivity index (χ2n) is 3.71. The molecule has 0 saturated carbocycles. The molecule has 0 amide bonds. The number of ether oxygens (including phenoxy) is 1. The van der Waals surface area contributed by atoms with E-state index < -0.39 is 4.92 Å². The van der Waals surface area contributed by atoms with Crippen molar-refractivity contribution >= 4 is 54.7 Å². The number of carbonyl (C=O) groups is 1. The van der Waals surface area contributed by atoms with Gasteiger partial charge in [0.2, 0.25) is 5.78 Å². The van der Waals surface area contributed by atoms with Crippen LogP contribution in [-0.2, 0) is 0 Å². The molecule has 1 aromatic carbocycles. The number of ketones is 1. The van der Waals surface area contributed by atoms with E-state index >= 15 is 0 Å². The number of nitro groups is 1. The van der Waals surface area contributed by atoms with E-state index in [1.54, 1.807) is 17.5 Å². The molecule has 2 aromatic rings. The van der Waals surface area contributed by atoms with Crippen LogP contribution in [-0.4, -0.2) is 17.3 Å². The van der Waals surface area contributed by atoms with E-state index in [1.807, 2.05) is 0 Å². The normalized spacial score (nSPS) is 10.3. The molecule has 2 rings (SSSR count). The van der Waals surface area contributed by atoms with E-state index in [2.05, 4.69) is 31.9 Å². The predicted octanol–water partition coefficient (Wildman–Crippen LogP) is 4.44. The fourth-order valence-corrected chi connectivity index (χ4v) is 3.42. The van der Waals surface area contributed by atoms with Gasteiger partial charge in [0.25, 0.3) is 5.69 Å². The molecule has 0 N–H and O–H groups in total. The number of non-ortho nitro benzene ring substituents is 1. The number of hydrogen-bond donors (Lipinski definition) is 0. The van der Waals surface area contributed by atoms with Gasteiger partial charge in [0.1, 0.15) is 5.75 Å². The van der Waals surface area contributed by atoms with E-state index in [4.69, 9.17) is 4.74 Å². The Morgan fingerprint density at radius 2 is 2.10 bits per heavy atom. The number of benzene rings is 1. The summed E-state index contributed by atoms with van der Waals surface area (Å²) >= 11 is 7.75. The van der Waals surface area contributed by atoms with Crippen LogP contribution in [0.1, 0.15) is 9.67 Å². The van der Waals surface area contributed by atoms with Crippen molar-refractivity contribution in [2.45, 2.75) is 0 Å². The van der Waals surface area contributed by atoms with Gasteiger partial charge >= 0.3 is 0 Å². The molecular formula is C12H7Br2NO4S. The Hall–Kier alpha value is -1.25. The molecule has 104 valence electrons. The fourth-order valence-electron chi connectivity index (χ4n) is 1.44. The van der Waals surface area contributed by atoms with Crippen LogP contribution in [0.15, 0.2) is 38.6 Å². The van der Waals surface area contributed by atoms with Crippen LogP contribution >= 0.6 is 43.2 Å². The molecular weight excluding hydrogens is 414 g/mol. The van der Waals surface area contributed by atoms with Gasteiger partial charge in [-0.15, -0.1) is 11.3 Å². The van der Waals surface area contributed by atoms with Gasteiger partial charge in [-0.1, -0.05) is 15.9 Å². The second-order valence-corrected chi connectivity index (χ2v) is 6.40. The highest BCUT2D eigenvalue weighted by Gasteiger charge is 2.14. The number of carbonyl (C=O) groups excluding carboxylic acids is 1. The van der Waals surface area contributed by atoms with Crippen molar-refractivity contribution in [3.05, 3.63) is 53.6 Å². The SMILES string of the molecule is O=C(COc1cc(Br)cc([N+](=O)[O-])c1)c1sccc1Br. The van der Waals surface area contributed by atoms with Gasteiger partial charge in [-0.3, -0.25) is 14.9 Å². The van der Waals surface area contributed by atoms with Crippen molar-refractivity contribution in [3.8, 4) is 5.75 Å². The maximum absolute atomic E-state index is 11.9. The molecule has 20 heavy (non-hydrogen) atoms. The Kier molecular flexibility index (Phi) is 4.90. The molecule has 0 atom stereocenters. The molecule has 0 bridgehead atoms. The predicted molar refractivity (Wildman–Crippen MR) is 82.6 cm³/mol. The first kappa shape index (κ1) is 15.1. The number of halogens is 2. The first-order valence-corrected chi connectivity index (χ1v) is 7.78. The van der Waals surface area contributed by atoms with Crippen molar-refractivity contribution in [2.24, 2.45) is 0 Å². The average Bonchev–Trinajstić information content (AvgIpc) is 2.81. The molecule has 0 radical (unpaired) electrons. The van der Waals surface area contributed by atoms with E-state index in [0.717, 1.165) is 4.47 Å². The van der Waals surface area contributed by atoms with Crippen molar-refractivity contribution in [1.82, 2.24) is 0 Å². The number of Topliss-reactive ketones (excluding diaryl/α,β-unsaturated/α-hetero) is 1. The first-order chi connectivity index (χ1) is 9.47. The van der Waals surface area contributed by atoms with Gasteiger partial charge < -0.3 is 4.74 Å². The third-order valence-electron chi connectivity index (χ3n) is 2.31. The Labute approximate surface area is 135 Å². The molecule has 0 aliphatic rings. The number of nitro benzene ring substituents is 1. The molecule has 0 spiro atoms. The molecule has 5 nitrogen and oxygen atoms in total. The van der Waals surface area contributed by atoms with Crippen molar-refractivity contribution in [2.75, 3.05) is 6.61 Å². The highest BCUT2D eigenvalue weighted by molar-refractivity contribution is 9.10. The summed E-state index contributed by atoms with van der Waals surface area (Å²) < 4.78 is 6.56. The summed E-state index contributed by atoms with van der Waals surface area (Å²) in [5, 5.41) is 12.5. The number of thiophene rings is 1. The Morgan fingerprint density at radius 3 is 2.70 bits per heavy atom. The summed E-state index contributed by atoms with van der Waals surface area (Å²) in [5.74, 6) is 0.0848. The van der Waals surface area contributed by atoms with Crippen molar-refractivity contribution in [1.29, 1.82) is 0 Å². The zero-order valence-corrected chi connectivity index (χ0v) is 13.8. The first-order valence-electron chi connectivity index (χ1n) is 5.31. The van der Waals surface area contributed by atoms with Gasteiger partial charge in [-0.25, -0.2) is 0 Å². The summed E-state index contributed by atoms with van der Waals surface area (Å²) in [5.41, 5.74) is -0.0980. The molecule has 0 aliphatic heterocycles. The van der Waals surface area contributed by atoms with Crippen molar-refractivity contribution < 1.29 is 14.5 Å². The monoisotopic (exact) mass is 419 g/mol. The summed E-state index contributed by atoms with van der Waals surface area (Å²) in [6.07, 6.45) is 0. The molecule has 0 aliphatic carbocycles. The third-order valence-corrected chi connectivity index (χ3v) is 4.64. The van der Waals surface area contributed by atoms with Gasteiger partial charge in [0.15, 0.2) is 6.61 Å². The number of rotatable bonds is 5. The zero-order valence-electron chi connectivity index (χ0n) is 9.84. The van der Waals surface area contributed by atoms with Crippen LogP contribution in [0.4, 0.5) is 5.69 Å². The lowest BCUT2D eigenvalue weighted by Gasteiger charge is -2.05. The highest BCUT2D eigenvalue weighted by atomic mass is 79.9. The second kappa shape index (κ2) is 6.47. The van der Waals surface area contributed by atoms with E-state index in [-0.39, 0.29) is 23.8 Å². The van der Waals surface area contributed by atoms with E-state index in [9.17, 15) is 14.9 Å². The largest absolute Gasteiger partial charge is 0.485 e. The molecule has 0 unspecified atom stereocenters. The van der Waals surface area contributed by atoms with Gasteiger partial charge in [0, 0.05) is 15.0 Å². The van der Waals surface area contributed by atoms with Crippen LogP contribution in [0.3, 0.4) is 0 Å². The van der Waals surface area contributed by atoms with Gasteiger partial charge in [-0.2, -0.15) is 0 Å². The lowest BCUT2D eigenvalue weighted by molar-refractivity contribution is -0.385. The minimum atomic E-state index is -0.519. The Morgan fingerprint density at radius 1 is 1.35 bits per heavy atom. The van der Waals surface area contributed by atoms with Crippen molar-refractivity contribution in [3.63, 3.8) is 0 Å². The van der Waals surface area contributed by atoms with E-state index in [0.29, 0.717) is 9.35 Å². The van der Waals surface area contributed by atoms with E-state index in [1.165, 1.54) is 23.5 Å². The molecule has 0 fully saturated rings. The van der Waals surface area contributed by atoms with Gasteiger partial charge in [0.05, 0.1) is 15.9 Å². The van der Waals surface area contributed by atoms with Crippen LogP contribution in [0, 0.1) is 10.1 Å². The van der Waals surface area contributed by atoms with Crippen LogP contribution in [0.2, 0.25) is 0 Å². The summed E-state index contributed by atoms with van der Waals surface area (Å²) in [4.78, 5) is 22.7. The number of nitrogens with zero attached hydrogens (tertiary/aromatic N) is 1.